The number of sulfone groups is 1. The molecule has 0 bridgehead atoms. The molecule has 0 amide bonds. The maximum absolute atomic E-state index is 12.6. The molecule has 1 aliphatic rings. The van der Waals surface area contributed by atoms with Gasteiger partial charge in [-0.05, 0) is 30.9 Å². The van der Waals surface area contributed by atoms with E-state index in [1.54, 1.807) is 12.1 Å². The van der Waals surface area contributed by atoms with Gasteiger partial charge >= 0.3 is 5.97 Å². The topological polar surface area (TPSA) is 71.4 Å². The smallest absolute Gasteiger partial charge is 0.325 e. The van der Waals surface area contributed by atoms with Gasteiger partial charge in [-0.2, -0.15) is 0 Å². The van der Waals surface area contributed by atoms with Crippen LogP contribution in [0.3, 0.4) is 0 Å². The third-order valence-electron chi connectivity index (χ3n) is 3.84. The molecule has 6 heteroatoms. The number of rotatable bonds is 4. The van der Waals surface area contributed by atoms with E-state index in [0.717, 1.165) is 6.42 Å². The molecule has 104 valence electrons. The first kappa shape index (κ1) is 14.3. The van der Waals surface area contributed by atoms with Gasteiger partial charge in [0.25, 0.3) is 0 Å². The van der Waals surface area contributed by atoms with Gasteiger partial charge in [0.2, 0.25) is 0 Å². The van der Waals surface area contributed by atoms with Crippen molar-refractivity contribution >= 4 is 27.4 Å². The van der Waals surface area contributed by atoms with Crippen molar-refractivity contribution in [3.63, 3.8) is 0 Å². The van der Waals surface area contributed by atoms with E-state index < -0.39 is 20.6 Å². The average Bonchev–Trinajstić information content (AvgIpc) is 2.27. The SMILES string of the molecule is CCC1CC(C(=O)O)(S(=O)(=O)c2ccccc2Cl)C1. The minimum absolute atomic E-state index is 0.0723. The summed E-state index contributed by atoms with van der Waals surface area (Å²) in [5.41, 5.74) is 0. The van der Waals surface area contributed by atoms with Crippen LogP contribution in [0.5, 0.6) is 0 Å². The first-order valence-corrected chi connectivity index (χ1v) is 7.94. The Bertz CT molecular complexity index is 603. The summed E-state index contributed by atoms with van der Waals surface area (Å²) in [6, 6.07) is 5.98. The van der Waals surface area contributed by atoms with Gasteiger partial charge in [0.05, 0.1) is 9.92 Å². The fourth-order valence-electron chi connectivity index (χ4n) is 2.54. The van der Waals surface area contributed by atoms with E-state index >= 15 is 0 Å². The maximum atomic E-state index is 12.6. The molecule has 1 aromatic carbocycles. The van der Waals surface area contributed by atoms with E-state index in [9.17, 15) is 18.3 Å². The van der Waals surface area contributed by atoms with E-state index in [1.807, 2.05) is 6.92 Å². The van der Waals surface area contributed by atoms with Crippen molar-refractivity contribution in [3.8, 4) is 0 Å². The Balaban J connectivity index is 2.50. The Kier molecular flexibility index (Phi) is 3.62. The minimum Gasteiger partial charge on any atom is -0.480 e. The van der Waals surface area contributed by atoms with Crippen LogP contribution in [-0.4, -0.2) is 24.2 Å². The Morgan fingerprint density at radius 2 is 2.00 bits per heavy atom. The highest BCUT2D eigenvalue weighted by molar-refractivity contribution is 7.93. The third kappa shape index (κ3) is 2.05. The summed E-state index contributed by atoms with van der Waals surface area (Å²) >= 11 is 5.90. The molecule has 0 aromatic heterocycles. The number of hydrogen-bond donors (Lipinski definition) is 1. The molecule has 2 rings (SSSR count). The lowest BCUT2D eigenvalue weighted by atomic mass is 9.73. The van der Waals surface area contributed by atoms with Gasteiger partial charge < -0.3 is 5.11 Å². The Morgan fingerprint density at radius 1 is 1.42 bits per heavy atom. The van der Waals surface area contributed by atoms with Gasteiger partial charge in [0.1, 0.15) is 0 Å². The highest BCUT2D eigenvalue weighted by Crippen LogP contribution is 2.49. The molecule has 0 spiro atoms. The molecule has 0 aliphatic heterocycles. The summed E-state index contributed by atoms with van der Waals surface area (Å²) in [4.78, 5) is 11.4. The van der Waals surface area contributed by atoms with Crippen LogP contribution in [0.2, 0.25) is 5.02 Å². The van der Waals surface area contributed by atoms with Crippen molar-refractivity contribution in [2.45, 2.75) is 35.8 Å². The normalized spacial score (nSPS) is 26.7. The number of carboxylic acid groups (broad SMARTS) is 1. The maximum Gasteiger partial charge on any atom is 0.325 e. The molecule has 0 radical (unpaired) electrons. The van der Waals surface area contributed by atoms with Crippen molar-refractivity contribution in [1.82, 2.24) is 0 Å². The standard InChI is InChI=1S/C13H15ClO4S/c1-2-9-7-13(8-9,12(15)16)19(17,18)11-6-4-3-5-10(11)14/h3-6,9H,2,7-8H2,1H3,(H,15,16). The quantitative estimate of drug-likeness (QED) is 0.928. The van der Waals surface area contributed by atoms with E-state index in [-0.39, 0.29) is 28.7 Å². The summed E-state index contributed by atoms with van der Waals surface area (Å²) in [7, 11) is -3.97. The van der Waals surface area contributed by atoms with E-state index in [4.69, 9.17) is 11.6 Å². The molecule has 1 aromatic rings. The molecule has 1 N–H and O–H groups in total. The number of benzene rings is 1. The molecule has 1 aliphatic carbocycles. The zero-order valence-electron chi connectivity index (χ0n) is 10.5. The average molecular weight is 303 g/mol. The van der Waals surface area contributed by atoms with Gasteiger partial charge in [0, 0.05) is 0 Å². The van der Waals surface area contributed by atoms with Gasteiger partial charge in [0.15, 0.2) is 14.6 Å². The lowest BCUT2D eigenvalue weighted by Crippen LogP contribution is -2.56. The molecule has 1 fully saturated rings. The lowest BCUT2D eigenvalue weighted by Gasteiger charge is -2.43. The first-order valence-electron chi connectivity index (χ1n) is 6.07. The van der Waals surface area contributed by atoms with Gasteiger partial charge in [-0.15, -0.1) is 0 Å². The summed E-state index contributed by atoms with van der Waals surface area (Å²) in [5.74, 6) is -1.13. The van der Waals surface area contributed by atoms with Crippen LogP contribution in [0.15, 0.2) is 29.2 Å². The largest absolute Gasteiger partial charge is 0.480 e. The molecule has 0 heterocycles. The third-order valence-corrected chi connectivity index (χ3v) is 6.76. The monoisotopic (exact) mass is 302 g/mol. The highest BCUT2D eigenvalue weighted by atomic mass is 35.5. The van der Waals surface area contributed by atoms with Crippen LogP contribution >= 0.6 is 11.6 Å². The second-order valence-corrected chi connectivity index (χ2v) is 7.55. The zero-order chi connectivity index (χ0) is 14.3. The zero-order valence-corrected chi connectivity index (χ0v) is 12.0. The molecule has 1 saturated carbocycles. The van der Waals surface area contributed by atoms with E-state index in [1.165, 1.54) is 12.1 Å². The molecule has 0 unspecified atom stereocenters. The Hall–Kier alpha value is -1.07. The minimum atomic E-state index is -3.97. The second-order valence-electron chi connectivity index (χ2n) is 4.92. The van der Waals surface area contributed by atoms with Gasteiger partial charge in [-0.3, -0.25) is 4.79 Å². The lowest BCUT2D eigenvalue weighted by molar-refractivity contribution is -0.144. The predicted octanol–water partition coefficient (Wildman–Crippen LogP) is 2.76. The summed E-state index contributed by atoms with van der Waals surface area (Å²) < 4.78 is 23.5. The van der Waals surface area contributed by atoms with Crippen LogP contribution in [0.4, 0.5) is 0 Å². The first-order chi connectivity index (χ1) is 8.85. The van der Waals surface area contributed by atoms with E-state index in [0.29, 0.717) is 0 Å². The second kappa shape index (κ2) is 4.80. The van der Waals surface area contributed by atoms with Gasteiger partial charge in [-0.25, -0.2) is 8.42 Å². The molecule has 4 nitrogen and oxygen atoms in total. The van der Waals surface area contributed by atoms with Crippen molar-refractivity contribution < 1.29 is 18.3 Å². The Morgan fingerprint density at radius 3 is 2.47 bits per heavy atom. The molecular formula is C13H15ClO4S. The molecular weight excluding hydrogens is 288 g/mol. The number of hydrogen-bond acceptors (Lipinski definition) is 3. The van der Waals surface area contributed by atoms with Crippen LogP contribution < -0.4 is 0 Å². The van der Waals surface area contributed by atoms with Crippen LogP contribution in [0.25, 0.3) is 0 Å². The number of carboxylic acids is 1. The van der Waals surface area contributed by atoms with Crippen molar-refractivity contribution in [3.05, 3.63) is 29.3 Å². The van der Waals surface area contributed by atoms with Crippen LogP contribution in [-0.2, 0) is 14.6 Å². The number of carbonyl (C=O) groups is 1. The molecule has 0 saturated heterocycles. The fraction of sp³-hybridized carbons (Fsp3) is 0.462. The summed E-state index contributed by atoms with van der Waals surface area (Å²) in [6.45, 7) is 1.93. The van der Waals surface area contributed by atoms with Crippen molar-refractivity contribution in [1.29, 1.82) is 0 Å². The number of halogens is 1. The van der Waals surface area contributed by atoms with Crippen molar-refractivity contribution in [2.24, 2.45) is 5.92 Å². The molecule has 0 atom stereocenters. The highest BCUT2D eigenvalue weighted by Gasteiger charge is 2.60. The molecule has 19 heavy (non-hydrogen) atoms. The van der Waals surface area contributed by atoms with Crippen LogP contribution in [0.1, 0.15) is 26.2 Å². The fourth-order valence-corrected chi connectivity index (χ4v) is 5.13. The van der Waals surface area contributed by atoms with Gasteiger partial charge in [-0.1, -0.05) is 37.1 Å². The summed E-state index contributed by atoms with van der Waals surface area (Å²) in [5, 5.41) is 9.43. The van der Waals surface area contributed by atoms with Crippen molar-refractivity contribution in [2.75, 3.05) is 0 Å². The summed E-state index contributed by atoms with van der Waals surface area (Å²) in [6.07, 6.45) is 1.10. The Labute approximate surface area is 117 Å². The number of aliphatic carboxylic acids is 1. The van der Waals surface area contributed by atoms with Crippen LogP contribution in [0, 0.1) is 5.92 Å². The van der Waals surface area contributed by atoms with E-state index in [2.05, 4.69) is 0 Å². The predicted molar refractivity (Wildman–Crippen MR) is 72.0 cm³/mol.